The highest BCUT2D eigenvalue weighted by atomic mass is 32.1. The molecule has 0 spiro atoms. The Bertz CT molecular complexity index is 644. The largest absolute Gasteiger partial charge is 0.356 e. The molecule has 2 aromatic rings. The number of thiophene rings is 1. The van der Waals surface area contributed by atoms with Gasteiger partial charge in [0.05, 0.1) is 0 Å². The maximum absolute atomic E-state index is 4.59. The molecular formula is C16H24N6S. The van der Waals surface area contributed by atoms with E-state index in [0.29, 0.717) is 19.0 Å². The highest BCUT2D eigenvalue weighted by Gasteiger charge is 2.08. The van der Waals surface area contributed by atoms with Crippen molar-refractivity contribution in [3.63, 3.8) is 0 Å². The van der Waals surface area contributed by atoms with E-state index in [9.17, 15) is 0 Å². The number of guanidine groups is 1. The van der Waals surface area contributed by atoms with E-state index in [0.717, 1.165) is 24.2 Å². The second-order valence-corrected chi connectivity index (χ2v) is 6.33. The van der Waals surface area contributed by atoms with Gasteiger partial charge in [0.1, 0.15) is 12.4 Å². The molecule has 0 aromatic carbocycles. The molecule has 2 aromatic heterocycles. The predicted molar refractivity (Wildman–Crippen MR) is 95.8 cm³/mol. The molecule has 0 radical (unpaired) electrons. The van der Waals surface area contributed by atoms with Crippen molar-refractivity contribution in [1.29, 1.82) is 0 Å². The average molecular weight is 332 g/mol. The second-order valence-electron chi connectivity index (χ2n) is 5.35. The third-order valence-corrected chi connectivity index (χ3v) is 4.68. The van der Waals surface area contributed by atoms with Gasteiger partial charge in [0.2, 0.25) is 0 Å². The highest BCUT2D eigenvalue weighted by molar-refractivity contribution is 7.10. The van der Waals surface area contributed by atoms with Crippen LogP contribution in [-0.4, -0.2) is 33.8 Å². The monoisotopic (exact) mass is 332 g/mol. The Balaban J connectivity index is 1.96. The van der Waals surface area contributed by atoms with Gasteiger partial charge in [-0.1, -0.05) is 19.1 Å². The van der Waals surface area contributed by atoms with Gasteiger partial charge in [-0.3, -0.25) is 0 Å². The molecule has 1 atom stereocenters. The summed E-state index contributed by atoms with van der Waals surface area (Å²) in [4.78, 5) is 5.95. The fourth-order valence-electron chi connectivity index (χ4n) is 2.00. The van der Waals surface area contributed by atoms with Crippen LogP contribution < -0.4 is 10.6 Å². The summed E-state index contributed by atoms with van der Waals surface area (Å²) in [7, 11) is 1.95. The van der Waals surface area contributed by atoms with Crippen LogP contribution in [0.4, 0.5) is 0 Å². The maximum Gasteiger partial charge on any atom is 0.191 e. The first-order valence-corrected chi connectivity index (χ1v) is 8.51. The summed E-state index contributed by atoms with van der Waals surface area (Å²) in [6.45, 7) is 9.83. The van der Waals surface area contributed by atoms with Gasteiger partial charge in [0.25, 0.3) is 0 Å². The van der Waals surface area contributed by atoms with Gasteiger partial charge in [0, 0.05) is 30.9 Å². The molecular weight excluding hydrogens is 308 g/mol. The number of aliphatic imine (C=N–C) groups is 1. The molecule has 0 aliphatic heterocycles. The van der Waals surface area contributed by atoms with Gasteiger partial charge in [0.15, 0.2) is 11.8 Å². The first-order valence-electron chi connectivity index (χ1n) is 7.63. The molecule has 0 aliphatic rings. The molecule has 124 valence electrons. The lowest BCUT2D eigenvalue weighted by atomic mass is 10.1. The van der Waals surface area contributed by atoms with Crippen molar-refractivity contribution < 1.29 is 0 Å². The SMILES string of the molecule is C=CCNC(=NCc1nnc(C)n1C)NCC(C)c1cccs1. The first kappa shape index (κ1) is 17.2. The summed E-state index contributed by atoms with van der Waals surface area (Å²) >= 11 is 1.78. The van der Waals surface area contributed by atoms with Crippen LogP contribution in [-0.2, 0) is 13.6 Å². The number of nitrogens with zero attached hydrogens (tertiary/aromatic N) is 4. The quantitative estimate of drug-likeness (QED) is 0.463. The third kappa shape index (κ3) is 4.92. The summed E-state index contributed by atoms with van der Waals surface area (Å²) in [6.07, 6.45) is 1.81. The minimum absolute atomic E-state index is 0.433. The summed E-state index contributed by atoms with van der Waals surface area (Å²) in [5.41, 5.74) is 0. The average Bonchev–Trinajstić information content (AvgIpc) is 3.19. The van der Waals surface area contributed by atoms with Crippen LogP contribution in [0.2, 0.25) is 0 Å². The lowest BCUT2D eigenvalue weighted by Crippen LogP contribution is -2.39. The van der Waals surface area contributed by atoms with Gasteiger partial charge in [-0.25, -0.2) is 4.99 Å². The van der Waals surface area contributed by atoms with E-state index in [4.69, 9.17) is 0 Å². The fraction of sp³-hybridized carbons (Fsp3) is 0.438. The summed E-state index contributed by atoms with van der Waals surface area (Å²) in [5.74, 6) is 2.92. The Hall–Kier alpha value is -2.15. The Morgan fingerprint density at radius 3 is 2.91 bits per heavy atom. The molecule has 0 saturated heterocycles. The van der Waals surface area contributed by atoms with E-state index >= 15 is 0 Å². The molecule has 6 nitrogen and oxygen atoms in total. The molecule has 2 rings (SSSR count). The third-order valence-electron chi connectivity index (χ3n) is 3.58. The van der Waals surface area contributed by atoms with Crippen molar-refractivity contribution in [3.05, 3.63) is 46.7 Å². The zero-order valence-corrected chi connectivity index (χ0v) is 14.7. The van der Waals surface area contributed by atoms with E-state index in [2.05, 4.69) is 56.8 Å². The number of nitrogens with one attached hydrogen (secondary N) is 2. The molecule has 0 bridgehead atoms. The molecule has 23 heavy (non-hydrogen) atoms. The van der Waals surface area contributed by atoms with Gasteiger partial charge < -0.3 is 15.2 Å². The van der Waals surface area contributed by atoms with Crippen LogP contribution >= 0.6 is 11.3 Å². The van der Waals surface area contributed by atoms with Crippen molar-refractivity contribution in [2.75, 3.05) is 13.1 Å². The number of aromatic nitrogens is 3. The van der Waals surface area contributed by atoms with Crippen LogP contribution in [0, 0.1) is 6.92 Å². The van der Waals surface area contributed by atoms with Crippen LogP contribution in [0.5, 0.6) is 0 Å². The molecule has 2 heterocycles. The predicted octanol–water partition coefficient (Wildman–Crippen LogP) is 2.21. The molecule has 0 fully saturated rings. The Morgan fingerprint density at radius 1 is 1.48 bits per heavy atom. The Labute approximate surface area is 141 Å². The maximum atomic E-state index is 4.59. The lowest BCUT2D eigenvalue weighted by Gasteiger charge is -2.15. The Kier molecular flexibility index (Phi) is 6.34. The van der Waals surface area contributed by atoms with E-state index in [-0.39, 0.29) is 0 Å². The van der Waals surface area contributed by atoms with Crippen LogP contribution in [0.15, 0.2) is 35.2 Å². The first-order chi connectivity index (χ1) is 11.1. The molecule has 0 aliphatic carbocycles. The summed E-state index contributed by atoms with van der Waals surface area (Å²) in [5, 5.41) is 16.9. The molecule has 0 saturated carbocycles. The van der Waals surface area contributed by atoms with Crippen molar-refractivity contribution in [1.82, 2.24) is 25.4 Å². The number of aryl methyl sites for hydroxylation is 1. The minimum atomic E-state index is 0.433. The van der Waals surface area contributed by atoms with Crippen molar-refractivity contribution in [2.24, 2.45) is 12.0 Å². The molecule has 2 N–H and O–H groups in total. The number of hydrogen-bond donors (Lipinski definition) is 2. The molecule has 0 amide bonds. The minimum Gasteiger partial charge on any atom is -0.356 e. The summed E-state index contributed by atoms with van der Waals surface area (Å²) in [6, 6.07) is 4.24. The fourth-order valence-corrected chi connectivity index (χ4v) is 2.79. The van der Waals surface area contributed by atoms with Gasteiger partial charge >= 0.3 is 0 Å². The topological polar surface area (TPSA) is 67.1 Å². The van der Waals surface area contributed by atoms with Crippen LogP contribution in [0.25, 0.3) is 0 Å². The van der Waals surface area contributed by atoms with Crippen molar-refractivity contribution >= 4 is 17.3 Å². The van der Waals surface area contributed by atoms with Gasteiger partial charge in [-0.05, 0) is 18.4 Å². The van der Waals surface area contributed by atoms with Crippen molar-refractivity contribution in [2.45, 2.75) is 26.3 Å². The van der Waals surface area contributed by atoms with Gasteiger partial charge in [-0.15, -0.1) is 28.1 Å². The second kappa shape index (κ2) is 8.47. The van der Waals surface area contributed by atoms with Crippen LogP contribution in [0.3, 0.4) is 0 Å². The zero-order chi connectivity index (χ0) is 16.7. The number of rotatable bonds is 7. The van der Waals surface area contributed by atoms with Crippen molar-refractivity contribution in [3.8, 4) is 0 Å². The highest BCUT2D eigenvalue weighted by Crippen LogP contribution is 2.19. The molecule has 1 unspecified atom stereocenters. The zero-order valence-electron chi connectivity index (χ0n) is 13.9. The number of hydrogen-bond acceptors (Lipinski definition) is 4. The molecule has 7 heteroatoms. The Morgan fingerprint density at radius 2 is 2.30 bits per heavy atom. The normalized spacial score (nSPS) is 12.9. The lowest BCUT2D eigenvalue weighted by molar-refractivity contribution is 0.706. The van der Waals surface area contributed by atoms with Gasteiger partial charge in [-0.2, -0.15) is 0 Å². The standard InChI is InChI=1S/C16H24N6S/c1-5-8-17-16(18-10-12(2)14-7-6-9-23-14)19-11-15-21-20-13(3)22(15)4/h5-7,9,12H,1,8,10-11H2,2-4H3,(H2,17,18,19). The summed E-state index contributed by atoms with van der Waals surface area (Å²) < 4.78 is 1.95. The smallest absolute Gasteiger partial charge is 0.191 e. The van der Waals surface area contributed by atoms with E-state index in [1.54, 1.807) is 11.3 Å². The van der Waals surface area contributed by atoms with E-state index in [1.807, 2.05) is 24.6 Å². The van der Waals surface area contributed by atoms with Crippen LogP contribution in [0.1, 0.15) is 29.4 Å². The van der Waals surface area contributed by atoms with E-state index < -0.39 is 0 Å². The van der Waals surface area contributed by atoms with E-state index in [1.165, 1.54) is 4.88 Å².